The molecule has 0 aromatic heterocycles. The monoisotopic (exact) mass is 236 g/mol. The first-order valence-electron chi connectivity index (χ1n) is 4.16. The number of aliphatic hydroxyl groups excluding tert-OH is 1. The van der Waals surface area contributed by atoms with Gasteiger partial charge in [-0.3, -0.25) is 4.79 Å². The van der Waals surface area contributed by atoms with E-state index < -0.39 is 0 Å². The molecular weight excluding hydrogens is 224 g/mol. The Morgan fingerprint density at radius 1 is 1.42 bits per heavy atom. The van der Waals surface area contributed by atoms with Crippen LogP contribution in [-0.2, 0) is 9.53 Å². The maximum atomic E-state index is 10.8. The number of esters is 1. The van der Waals surface area contributed by atoms with Gasteiger partial charge in [-0.1, -0.05) is 15.9 Å². The van der Waals surface area contributed by atoms with Crippen molar-refractivity contribution < 1.29 is 14.6 Å². The van der Waals surface area contributed by atoms with E-state index in [-0.39, 0.29) is 23.5 Å². The molecule has 1 fully saturated rings. The van der Waals surface area contributed by atoms with Gasteiger partial charge in [-0.15, -0.1) is 0 Å². The first-order chi connectivity index (χ1) is 5.72. The summed E-state index contributed by atoms with van der Waals surface area (Å²) in [6, 6.07) is 0. The zero-order valence-electron chi connectivity index (χ0n) is 6.83. The van der Waals surface area contributed by atoms with Gasteiger partial charge in [0.25, 0.3) is 0 Å². The lowest BCUT2D eigenvalue weighted by Gasteiger charge is -2.24. The topological polar surface area (TPSA) is 46.5 Å². The summed E-state index contributed by atoms with van der Waals surface area (Å²) in [4.78, 5) is 10.8. The van der Waals surface area contributed by atoms with Gasteiger partial charge in [-0.25, -0.2) is 0 Å². The highest BCUT2D eigenvalue weighted by Crippen LogP contribution is 2.21. The van der Waals surface area contributed by atoms with Crippen LogP contribution in [0.4, 0.5) is 0 Å². The normalized spacial score (nSPS) is 29.8. The molecule has 0 aromatic carbocycles. The van der Waals surface area contributed by atoms with Crippen molar-refractivity contribution in [3.63, 3.8) is 0 Å². The molecule has 0 amide bonds. The average molecular weight is 237 g/mol. The molecule has 1 rings (SSSR count). The van der Waals surface area contributed by atoms with Crippen LogP contribution in [0.25, 0.3) is 0 Å². The number of aliphatic hydroxyl groups is 1. The quantitative estimate of drug-likeness (QED) is 0.580. The molecule has 70 valence electrons. The minimum Gasteiger partial charge on any atom is -0.462 e. The molecule has 0 heterocycles. The second kappa shape index (κ2) is 4.82. The van der Waals surface area contributed by atoms with Crippen molar-refractivity contribution in [2.24, 2.45) is 0 Å². The molecule has 0 unspecified atom stereocenters. The predicted octanol–water partition coefficient (Wildman–Crippen LogP) is 1.23. The highest BCUT2D eigenvalue weighted by Gasteiger charge is 2.21. The van der Waals surface area contributed by atoms with E-state index in [0.29, 0.717) is 0 Å². The molecule has 0 aliphatic heterocycles. The van der Waals surface area contributed by atoms with Crippen LogP contribution >= 0.6 is 15.9 Å². The Balaban J connectivity index is 2.21. The molecule has 0 bridgehead atoms. The summed E-state index contributed by atoms with van der Waals surface area (Å²) in [7, 11) is 0. The van der Waals surface area contributed by atoms with E-state index in [1.165, 1.54) is 0 Å². The Bertz CT molecular complexity index is 152. The third-order valence-electron chi connectivity index (χ3n) is 2.05. The zero-order chi connectivity index (χ0) is 8.97. The van der Waals surface area contributed by atoms with Gasteiger partial charge >= 0.3 is 5.97 Å². The van der Waals surface area contributed by atoms with Crippen molar-refractivity contribution >= 4 is 21.9 Å². The average Bonchev–Trinajstić information content (AvgIpc) is 2.09. The molecule has 0 atom stereocenters. The van der Waals surface area contributed by atoms with Gasteiger partial charge in [-0.2, -0.15) is 0 Å². The molecular formula is C8H13BrO3. The second-order valence-corrected chi connectivity index (χ2v) is 3.61. The Hall–Kier alpha value is -0.0900. The molecule has 12 heavy (non-hydrogen) atoms. The number of carbonyl (C=O) groups is 1. The molecule has 0 saturated heterocycles. The summed E-state index contributed by atoms with van der Waals surface area (Å²) in [5.74, 6) is -0.212. The number of alkyl halides is 1. The van der Waals surface area contributed by atoms with Crippen molar-refractivity contribution in [2.75, 3.05) is 5.33 Å². The first-order valence-corrected chi connectivity index (χ1v) is 5.28. The molecule has 4 heteroatoms. The summed E-state index contributed by atoms with van der Waals surface area (Å²) in [6.45, 7) is 0. The lowest BCUT2D eigenvalue weighted by molar-refractivity contribution is -0.148. The highest BCUT2D eigenvalue weighted by atomic mass is 79.9. The predicted molar refractivity (Wildman–Crippen MR) is 48.1 cm³/mol. The molecule has 1 aliphatic carbocycles. The van der Waals surface area contributed by atoms with Crippen molar-refractivity contribution in [3.8, 4) is 0 Å². The number of halogens is 1. The summed E-state index contributed by atoms with van der Waals surface area (Å²) in [5.41, 5.74) is 0. The van der Waals surface area contributed by atoms with Crippen LogP contribution in [0.3, 0.4) is 0 Å². The molecule has 1 aliphatic rings. The Labute approximate surface area is 80.2 Å². The van der Waals surface area contributed by atoms with Crippen LogP contribution in [0.5, 0.6) is 0 Å². The van der Waals surface area contributed by atoms with E-state index >= 15 is 0 Å². The molecule has 0 radical (unpaired) electrons. The van der Waals surface area contributed by atoms with Gasteiger partial charge in [0.1, 0.15) is 11.4 Å². The van der Waals surface area contributed by atoms with Gasteiger partial charge < -0.3 is 9.84 Å². The van der Waals surface area contributed by atoms with E-state index in [0.717, 1.165) is 25.7 Å². The van der Waals surface area contributed by atoms with E-state index in [1.807, 2.05) is 0 Å². The summed E-state index contributed by atoms with van der Waals surface area (Å²) >= 11 is 3.03. The van der Waals surface area contributed by atoms with Gasteiger partial charge in [-0.05, 0) is 25.7 Å². The summed E-state index contributed by atoms with van der Waals surface area (Å²) in [6.07, 6.45) is 2.92. The van der Waals surface area contributed by atoms with Gasteiger partial charge in [0.15, 0.2) is 0 Å². The molecule has 0 aromatic rings. The third-order valence-corrected chi connectivity index (χ3v) is 2.51. The van der Waals surface area contributed by atoms with Crippen molar-refractivity contribution in [1.82, 2.24) is 0 Å². The first kappa shape index (κ1) is 9.99. The Morgan fingerprint density at radius 3 is 2.50 bits per heavy atom. The molecule has 0 spiro atoms. The van der Waals surface area contributed by atoms with Crippen molar-refractivity contribution in [1.29, 1.82) is 0 Å². The molecule has 1 N–H and O–H groups in total. The fourth-order valence-electron chi connectivity index (χ4n) is 1.38. The number of ether oxygens (including phenoxy) is 1. The lowest BCUT2D eigenvalue weighted by atomic mass is 9.95. The van der Waals surface area contributed by atoms with Crippen LogP contribution < -0.4 is 0 Å². The minimum absolute atomic E-state index is 0.0263. The van der Waals surface area contributed by atoms with Gasteiger partial charge in [0.05, 0.1) is 6.10 Å². The van der Waals surface area contributed by atoms with E-state index in [2.05, 4.69) is 15.9 Å². The number of hydrogen-bond donors (Lipinski definition) is 1. The SMILES string of the molecule is O=C(CBr)OC1CCC(O)CC1. The van der Waals surface area contributed by atoms with Gasteiger partial charge in [0.2, 0.25) is 0 Å². The van der Waals surface area contributed by atoms with Crippen LogP contribution in [0.1, 0.15) is 25.7 Å². The maximum Gasteiger partial charge on any atom is 0.316 e. The third kappa shape index (κ3) is 3.11. The lowest BCUT2D eigenvalue weighted by Crippen LogP contribution is -2.26. The van der Waals surface area contributed by atoms with Gasteiger partial charge in [0, 0.05) is 0 Å². The number of rotatable bonds is 2. The Kier molecular flexibility index (Phi) is 4.01. The summed E-state index contributed by atoms with van der Waals surface area (Å²) in [5, 5.41) is 9.42. The largest absolute Gasteiger partial charge is 0.462 e. The zero-order valence-corrected chi connectivity index (χ0v) is 8.42. The second-order valence-electron chi connectivity index (χ2n) is 3.05. The minimum atomic E-state index is -0.212. The van der Waals surface area contributed by atoms with E-state index in [4.69, 9.17) is 9.84 Å². The smallest absolute Gasteiger partial charge is 0.316 e. The molecule has 1 saturated carbocycles. The van der Waals surface area contributed by atoms with Crippen LogP contribution in [0, 0.1) is 0 Å². The van der Waals surface area contributed by atoms with E-state index in [1.54, 1.807) is 0 Å². The number of carbonyl (C=O) groups excluding carboxylic acids is 1. The maximum absolute atomic E-state index is 10.8. The van der Waals surface area contributed by atoms with Crippen LogP contribution in [0.15, 0.2) is 0 Å². The highest BCUT2D eigenvalue weighted by molar-refractivity contribution is 9.09. The van der Waals surface area contributed by atoms with E-state index in [9.17, 15) is 4.79 Å². The van der Waals surface area contributed by atoms with Crippen molar-refractivity contribution in [2.45, 2.75) is 37.9 Å². The molecule has 3 nitrogen and oxygen atoms in total. The standard InChI is InChI=1S/C8H13BrO3/c9-5-8(11)12-7-3-1-6(10)2-4-7/h6-7,10H,1-5H2. The Morgan fingerprint density at radius 2 is 2.00 bits per heavy atom. The van der Waals surface area contributed by atoms with Crippen LogP contribution in [0.2, 0.25) is 0 Å². The van der Waals surface area contributed by atoms with Crippen LogP contribution in [-0.4, -0.2) is 28.6 Å². The fourth-order valence-corrected chi connectivity index (χ4v) is 1.51. The number of hydrogen-bond acceptors (Lipinski definition) is 3. The van der Waals surface area contributed by atoms with Crippen molar-refractivity contribution in [3.05, 3.63) is 0 Å². The fraction of sp³-hybridized carbons (Fsp3) is 0.875. The summed E-state index contributed by atoms with van der Waals surface area (Å²) < 4.78 is 5.09.